The van der Waals surface area contributed by atoms with Gasteiger partial charge in [0.1, 0.15) is 0 Å². The number of hydrogen-bond acceptors (Lipinski definition) is 4. The number of nitrogens with zero attached hydrogens (tertiary/aromatic N) is 2. The van der Waals surface area contributed by atoms with Gasteiger partial charge in [-0.2, -0.15) is 12.7 Å². The molecule has 2 rings (SSSR count). The SMILES string of the molecule is C#CCN(C)CCCCCCOC1CCN(S(=O)(=O)Nc2ccccc2)CC1. The fraction of sp³-hybridized carbons (Fsp3) is 0.619. The quantitative estimate of drug-likeness (QED) is 0.427. The number of unbranched alkanes of at least 4 members (excludes halogenated alkanes) is 3. The average Bonchev–Trinajstić information content (AvgIpc) is 2.68. The van der Waals surface area contributed by atoms with Crippen molar-refractivity contribution in [3.05, 3.63) is 30.3 Å². The molecule has 1 aromatic carbocycles. The van der Waals surface area contributed by atoms with Crippen LogP contribution in [0.5, 0.6) is 0 Å². The van der Waals surface area contributed by atoms with Gasteiger partial charge in [-0.3, -0.25) is 9.62 Å². The summed E-state index contributed by atoms with van der Waals surface area (Å²) >= 11 is 0. The van der Waals surface area contributed by atoms with Crippen molar-refractivity contribution in [2.75, 3.05) is 44.6 Å². The summed E-state index contributed by atoms with van der Waals surface area (Å²) in [6.07, 6.45) is 11.5. The van der Waals surface area contributed by atoms with Crippen molar-refractivity contribution in [1.82, 2.24) is 9.21 Å². The van der Waals surface area contributed by atoms with Gasteiger partial charge in [-0.15, -0.1) is 6.42 Å². The lowest BCUT2D eigenvalue weighted by atomic mass is 10.1. The number of ether oxygens (including phenoxy) is 1. The van der Waals surface area contributed by atoms with Crippen molar-refractivity contribution in [3.8, 4) is 12.3 Å². The number of piperidine rings is 1. The Morgan fingerprint density at radius 2 is 1.86 bits per heavy atom. The van der Waals surface area contributed by atoms with Crippen LogP contribution in [0.2, 0.25) is 0 Å². The van der Waals surface area contributed by atoms with E-state index in [0.29, 0.717) is 25.3 Å². The lowest BCUT2D eigenvalue weighted by molar-refractivity contribution is 0.0193. The van der Waals surface area contributed by atoms with Crippen molar-refractivity contribution in [2.24, 2.45) is 0 Å². The van der Waals surface area contributed by atoms with Crippen molar-refractivity contribution in [1.29, 1.82) is 0 Å². The monoisotopic (exact) mass is 407 g/mol. The Hall–Kier alpha value is -1.59. The standard InChI is InChI=1S/C21H33N3O3S/c1-3-15-23(2)16-9-4-5-10-19-27-21-13-17-24(18-14-21)28(25,26)22-20-11-7-6-8-12-20/h1,6-8,11-12,21-22H,4-5,9-10,13-19H2,2H3. The summed E-state index contributed by atoms with van der Waals surface area (Å²) in [5.74, 6) is 2.65. The van der Waals surface area contributed by atoms with Gasteiger partial charge in [-0.25, -0.2) is 0 Å². The molecule has 1 aromatic rings. The van der Waals surface area contributed by atoms with Crippen molar-refractivity contribution >= 4 is 15.9 Å². The van der Waals surface area contributed by atoms with E-state index in [1.54, 1.807) is 12.1 Å². The molecule has 0 aromatic heterocycles. The second kappa shape index (κ2) is 12.1. The molecule has 28 heavy (non-hydrogen) atoms. The summed E-state index contributed by atoms with van der Waals surface area (Å²) in [4.78, 5) is 2.16. The van der Waals surface area contributed by atoms with Crippen LogP contribution in [-0.4, -0.2) is 63.6 Å². The molecule has 1 saturated heterocycles. The summed E-state index contributed by atoms with van der Waals surface area (Å²) in [6.45, 7) is 3.48. The Labute approximate surface area is 170 Å². The van der Waals surface area contributed by atoms with Crippen molar-refractivity contribution < 1.29 is 13.2 Å². The van der Waals surface area contributed by atoms with Gasteiger partial charge in [-0.1, -0.05) is 37.0 Å². The summed E-state index contributed by atoms with van der Waals surface area (Å²) in [5, 5.41) is 0. The molecule has 1 heterocycles. The summed E-state index contributed by atoms with van der Waals surface area (Å²) in [6, 6.07) is 8.99. The lowest BCUT2D eigenvalue weighted by Gasteiger charge is -2.31. The second-order valence-corrected chi connectivity index (χ2v) is 8.97. The van der Waals surface area contributed by atoms with Crippen LogP contribution < -0.4 is 4.72 Å². The molecular weight excluding hydrogens is 374 g/mol. The van der Waals surface area contributed by atoms with Crippen LogP contribution in [-0.2, 0) is 14.9 Å². The van der Waals surface area contributed by atoms with Gasteiger partial charge in [0.05, 0.1) is 12.6 Å². The smallest absolute Gasteiger partial charge is 0.301 e. The van der Waals surface area contributed by atoms with Crippen LogP contribution in [0.1, 0.15) is 38.5 Å². The van der Waals surface area contributed by atoms with Crippen LogP contribution >= 0.6 is 0 Å². The Morgan fingerprint density at radius 1 is 1.18 bits per heavy atom. The third-order valence-corrected chi connectivity index (χ3v) is 6.45. The van der Waals surface area contributed by atoms with E-state index in [9.17, 15) is 8.42 Å². The number of anilines is 1. The molecule has 0 unspecified atom stereocenters. The molecule has 0 saturated carbocycles. The van der Waals surface area contributed by atoms with Crippen molar-refractivity contribution in [2.45, 2.75) is 44.6 Å². The van der Waals surface area contributed by atoms with Crippen LogP contribution in [0.25, 0.3) is 0 Å². The van der Waals surface area contributed by atoms with E-state index in [-0.39, 0.29) is 6.10 Å². The van der Waals surface area contributed by atoms with Gasteiger partial charge in [0, 0.05) is 25.4 Å². The van der Waals surface area contributed by atoms with Gasteiger partial charge in [0.2, 0.25) is 0 Å². The van der Waals surface area contributed by atoms with Gasteiger partial charge in [0.15, 0.2) is 0 Å². The van der Waals surface area contributed by atoms with E-state index >= 15 is 0 Å². The number of benzene rings is 1. The molecule has 1 N–H and O–H groups in total. The molecule has 6 nitrogen and oxygen atoms in total. The maximum Gasteiger partial charge on any atom is 0.301 e. The predicted molar refractivity (Wildman–Crippen MR) is 114 cm³/mol. The summed E-state index contributed by atoms with van der Waals surface area (Å²) in [5.41, 5.74) is 0.589. The van der Waals surface area contributed by atoms with Crippen LogP contribution in [0.15, 0.2) is 30.3 Å². The first kappa shape index (κ1) is 22.7. The number of para-hydroxylation sites is 1. The second-order valence-electron chi connectivity index (χ2n) is 7.30. The molecule has 0 radical (unpaired) electrons. The molecule has 0 bridgehead atoms. The third-order valence-electron chi connectivity index (χ3n) is 4.91. The zero-order valence-electron chi connectivity index (χ0n) is 16.8. The van der Waals surface area contributed by atoms with E-state index in [0.717, 1.165) is 45.3 Å². The Balaban J connectivity index is 1.57. The molecule has 0 spiro atoms. The molecule has 156 valence electrons. The van der Waals surface area contributed by atoms with Crippen LogP contribution in [0, 0.1) is 12.3 Å². The fourth-order valence-corrected chi connectivity index (χ4v) is 4.54. The maximum atomic E-state index is 12.5. The molecule has 0 atom stereocenters. The number of rotatable bonds is 12. The zero-order valence-corrected chi connectivity index (χ0v) is 17.7. The highest BCUT2D eigenvalue weighted by Crippen LogP contribution is 2.19. The Morgan fingerprint density at radius 3 is 2.54 bits per heavy atom. The largest absolute Gasteiger partial charge is 0.378 e. The fourth-order valence-electron chi connectivity index (χ4n) is 3.28. The number of nitrogens with one attached hydrogen (secondary N) is 1. The Kier molecular flexibility index (Phi) is 9.79. The molecule has 1 aliphatic rings. The predicted octanol–water partition coefficient (Wildman–Crippen LogP) is 2.95. The maximum absolute atomic E-state index is 12.5. The van der Waals surface area contributed by atoms with E-state index in [2.05, 4.69) is 15.5 Å². The molecule has 0 amide bonds. The first-order valence-electron chi connectivity index (χ1n) is 10.1. The minimum atomic E-state index is -3.50. The first-order chi connectivity index (χ1) is 13.5. The van der Waals surface area contributed by atoms with Crippen LogP contribution in [0.3, 0.4) is 0 Å². The molecule has 1 aliphatic heterocycles. The normalized spacial score (nSPS) is 16.2. The summed E-state index contributed by atoms with van der Waals surface area (Å²) in [7, 11) is -1.45. The third kappa shape index (κ3) is 8.19. The number of terminal acetylenes is 1. The minimum Gasteiger partial charge on any atom is -0.378 e. The summed E-state index contributed by atoms with van der Waals surface area (Å²) < 4.78 is 35.0. The zero-order chi connectivity index (χ0) is 20.2. The van der Waals surface area contributed by atoms with E-state index in [1.807, 2.05) is 25.2 Å². The topological polar surface area (TPSA) is 61.9 Å². The van der Waals surface area contributed by atoms with Crippen LogP contribution in [0.4, 0.5) is 5.69 Å². The van der Waals surface area contributed by atoms with Crippen molar-refractivity contribution in [3.63, 3.8) is 0 Å². The number of hydrogen-bond donors (Lipinski definition) is 1. The molecule has 1 fully saturated rings. The molecular formula is C21H33N3O3S. The van der Waals surface area contributed by atoms with Gasteiger partial charge >= 0.3 is 10.2 Å². The van der Waals surface area contributed by atoms with Gasteiger partial charge < -0.3 is 4.74 Å². The van der Waals surface area contributed by atoms with Gasteiger partial charge in [-0.05, 0) is 51.4 Å². The Bertz CT molecular complexity index is 695. The highest BCUT2D eigenvalue weighted by atomic mass is 32.2. The van der Waals surface area contributed by atoms with E-state index in [4.69, 9.17) is 11.2 Å². The van der Waals surface area contributed by atoms with E-state index < -0.39 is 10.2 Å². The first-order valence-corrected chi connectivity index (χ1v) is 11.5. The minimum absolute atomic E-state index is 0.157. The van der Waals surface area contributed by atoms with Gasteiger partial charge in [0.25, 0.3) is 0 Å². The highest BCUT2D eigenvalue weighted by molar-refractivity contribution is 7.90. The highest BCUT2D eigenvalue weighted by Gasteiger charge is 2.28. The molecule has 0 aliphatic carbocycles. The average molecular weight is 408 g/mol. The van der Waals surface area contributed by atoms with E-state index in [1.165, 1.54) is 10.7 Å². The lowest BCUT2D eigenvalue weighted by Crippen LogP contribution is -2.43. The molecule has 7 heteroatoms.